The van der Waals surface area contributed by atoms with Crippen molar-refractivity contribution >= 4 is 28.5 Å². The Morgan fingerprint density at radius 1 is 1.30 bits per heavy atom. The van der Waals surface area contributed by atoms with E-state index >= 15 is 0 Å². The van der Waals surface area contributed by atoms with Gasteiger partial charge < -0.3 is 10.2 Å². The Morgan fingerprint density at radius 3 is 3.07 bits per heavy atom. The highest BCUT2D eigenvalue weighted by atomic mass is 16.2. The van der Waals surface area contributed by atoms with E-state index in [4.69, 9.17) is 0 Å². The second kappa shape index (κ2) is 5.60. The van der Waals surface area contributed by atoms with E-state index in [1.54, 1.807) is 40.3 Å². The molecular weight excluding hydrogens is 344 g/mol. The number of piperidine rings is 1. The highest BCUT2D eigenvalue weighted by Gasteiger charge is 2.51. The fraction of sp³-hybridized carbons (Fsp3) is 0.316. The molecule has 2 aliphatic rings. The van der Waals surface area contributed by atoms with Gasteiger partial charge in [-0.1, -0.05) is 0 Å². The normalized spacial score (nSPS) is 21.5. The third-order valence-electron chi connectivity index (χ3n) is 5.57. The number of rotatable bonds is 1. The molecule has 0 bridgehead atoms. The van der Waals surface area contributed by atoms with E-state index in [9.17, 15) is 9.59 Å². The van der Waals surface area contributed by atoms with Gasteiger partial charge in [0, 0.05) is 32.5 Å². The number of hydrogen-bond donors (Lipinski definition) is 1. The van der Waals surface area contributed by atoms with Crippen molar-refractivity contribution in [3.05, 3.63) is 48.0 Å². The van der Waals surface area contributed by atoms with Gasteiger partial charge in [-0.15, -0.1) is 0 Å². The summed E-state index contributed by atoms with van der Waals surface area (Å²) in [7, 11) is 1.82. The van der Waals surface area contributed by atoms with E-state index in [0.717, 1.165) is 28.8 Å². The first-order chi connectivity index (χ1) is 13.1. The maximum atomic E-state index is 13.1. The zero-order chi connectivity index (χ0) is 18.6. The van der Waals surface area contributed by atoms with Gasteiger partial charge in [-0.05, 0) is 31.0 Å². The summed E-state index contributed by atoms with van der Waals surface area (Å²) >= 11 is 0. The van der Waals surface area contributed by atoms with Crippen LogP contribution in [0.5, 0.6) is 0 Å². The molecule has 1 atom stereocenters. The number of carbonyl (C=O) groups excluding carboxylic acids is 2. The number of amides is 2. The van der Waals surface area contributed by atoms with Gasteiger partial charge in [0.25, 0.3) is 5.91 Å². The second-order valence-corrected chi connectivity index (χ2v) is 7.16. The molecule has 3 aromatic rings. The van der Waals surface area contributed by atoms with E-state index in [0.29, 0.717) is 25.1 Å². The van der Waals surface area contributed by atoms with Crippen molar-refractivity contribution in [2.24, 2.45) is 7.05 Å². The first-order valence-electron chi connectivity index (χ1n) is 8.92. The summed E-state index contributed by atoms with van der Waals surface area (Å²) < 4.78 is 1.70. The molecule has 1 unspecified atom stereocenters. The Labute approximate surface area is 155 Å². The van der Waals surface area contributed by atoms with Crippen molar-refractivity contribution < 1.29 is 9.59 Å². The molecule has 5 rings (SSSR count). The van der Waals surface area contributed by atoms with Crippen molar-refractivity contribution in [2.75, 3.05) is 18.4 Å². The smallest absolute Gasteiger partial charge is 0.255 e. The number of aromatic nitrogens is 4. The lowest BCUT2D eigenvalue weighted by Gasteiger charge is -2.38. The topological polar surface area (TPSA) is 93.0 Å². The molecule has 5 heterocycles. The van der Waals surface area contributed by atoms with Crippen LogP contribution in [0.25, 0.3) is 11.0 Å². The molecule has 8 nitrogen and oxygen atoms in total. The fourth-order valence-electron chi connectivity index (χ4n) is 4.17. The van der Waals surface area contributed by atoms with Gasteiger partial charge in [-0.2, -0.15) is 5.10 Å². The Bertz CT molecular complexity index is 1090. The molecule has 1 spiro atoms. The lowest BCUT2D eigenvalue weighted by atomic mass is 9.77. The summed E-state index contributed by atoms with van der Waals surface area (Å²) in [4.78, 5) is 36.5. The second-order valence-electron chi connectivity index (χ2n) is 7.16. The fourth-order valence-corrected chi connectivity index (χ4v) is 4.17. The van der Waals surface area contributed by atoms with Gasteiger partial charge in [-0.25, -0.2) is 0 Å². The quantitative estimate of drug-likeness (QED) is 0.708. The Morgan fingerprint density at radius 2 is 2.19 bits per heavy atom. The van der Waals surface area contributed by atoms with E-state index in [1.807, 2.05) is 13.1 Å². The number of anilines is 1. The zero-order valence-corrected chi connectivity index (χ0v) is 14.8. The van der Waals surface area contributed by atoms with Crippen LogP contribution in [0.1, 0.15) is 28.9 Å². The molecule has 2 amide bonds. The van der Waals surface area contributed by atoms with Crippen LogP contribution in [0.3, 0.4) is 0 Å². The lowest BCUT2D eigenvalue weighted by molar-refractivity contribution is -0.122. The Balaban J connectivity index is 1.50. The molecule has 0 aliphatic carbocycles. The number of fused-ring (bicyclic) bond motifs is 3. The van der Waals surface area contributed by atoms with Crippen LogP contribution in [0.2, 0.25) is 0 Å². The first-order valence-corrected chi connectivity index (χ1v) is 8.92. The molecule has 0 radical (unpaired) electrons. The molecular formula is C19H18N6O2. The van der Waals surface area contributed by atoms with Crippen LogP contribution in [0, 0.1) is 0 Å². The molecule has 1 fully saturated rings. The third-order valence-corrected chi connectivity index (χ3v) is 5.57. The van der Waals surface area contributed by atoms with Crippen molar-refractivity contribution in [1.29, 1.82) is 0 Å². The largest absolute Gasteiger partial charge is 0.337 e. The molecule has 1 saturated heterocycles. The molecule has 27 heavy (non-hydrogen) atoms. The van der Waals surface area contributed by atoms with Crippen LogP contribution in [-0.4, -0.2) is 49.6 Å². The molecule has 136 valence electrons. The van der Waals surface area contributed by atoms with E-state index < -0.39 is 5.41 Å². The molecule has 0 aromatic carbocycles. The highest BCUT2D eigenvalue weighted by molar-refractivity contribution is 6.06. The van der Waals surface area contributed by atoms with Crippen molar-refractivity contribution in [3.8, 4) is 0 Å². The number of pyridine rings is 2. The van der Waals surface area contributed by atoms with Crippen molar-refractivity contribution in [3.63, 3.8) is 0 Å². The number of carbonyl (C=O) groups is 2. The number of nitrogens with one attached hydrogen (secondary N) is 1. The van der Waals surface area contributed by atoms with Gasteiger partial charge in [0.05, 0.1) is 28.7 Å². The average Bonchev–Trinajstić information content (AvgIpc) is 3.19. The molecule has 8 heteroatoms. The number of nitrogens with zero attached hydrogens (tertiary/aromatic N) is 5. The van der Waals surface area contributed by atoms with Crippen LogP contribution in [0.4, 0.5) is 5.69 Å². The monoisotopic (exact) mass is 362 g/mol. The standard InChI is InChI=1S/C19H18N6O2/c1-24-15-8-12(9-21-14(15)10-22-24)17(26)25-7-3-5-19(11-25)16-13(23-18(19)27)4-2-6-20-16/h2,4,6,8-10H,3,5,7,11H2,1H3,(H,23,27). The highest BCUT2D eigenvalue weighted by Crippen LogP contribution is 2.42. The molecule has 3 aromatic heterocycles. The predicted octanol–water partition coefficient (Wildman–Crippen LogP) is 1.49. The minimum absolute atomic E-state index is 0.0751. The number of aryl methyl sites for hydroxylation is 1. The van der Waals surface area contributed by atoms with Gasteiger partial charge in [0.2, 0.25) is 5.91 Å². The maximum Gasteiger partial charge on any atom is 0.255 e. The van der Waals surface area contributed by atoms with E-state index in [-0.39, 0.29) is 11.8 Å². The van der Waals surface area contributed by atoms with Gasteiger partial charge in [0.1, 0.15) is 10.9 Å². The van der Waals surface area contributed by atoms with Crippen molar-refractivity contribution in [1.82, 2.24) is 24.6 Å². The van der Waals surface area contributed by atoms with Crippen LogP contribution < -0.4 is 5.32 Å². The summed E-state index contributed by atoms with van der Waals surface area (Å²) in [6, 6.07) is 5.47. The molecule has 2 aliphatic heterocycles. The Hall–Kier alpha value is -3.29. The van der Waals surface area contributed by atoms with Crippen LogP contribution >= 0.6 is 0 Å². The predicted molar refractivity (Wildman–Crippen MR) is 98.2 cm³/mol. The summed E-state index contributed by atoms with van der Waals surface area (Å²) in [5.74, 6) is -0.198. The molecule has 0 saturated carbocycles. The van der Waals surface area contributed by atoms with Gasteiger partial charge >= 0.3 is 0 Å². The lowest BCUT2D eigenvalue weighted by Crippen LogP contribution is -2.52. The SMILES string of the molecule is Cn1ncc2ncc(C(=O)N3CCCC4(C3)C(=O)Nc3cccnc34)cc21. The maximum absolute atomic E-state index is 13.1. The summed E-state index contributed by atoms with van der Waals surface area (Å²) in [6.07, 6.45) is 6.38. The summed E-state index contributed by atoms with van der Waals surface area (Å²) in [5.41, 5.74) is 2.77. The minimum atomic E-state index is -0.769. The van der Waals surface area contributed by atoms with Crippen LogP contribution in [-0.2, 0) is 17.3 Å². The average molecular weight is 362 g/mol. The van der Waals surface area contributed by atoms with Crippen LogP contribution in [0.15, 0.2) is 36.8 Å². The van der Waals surface area contributed by atoms with Gasteiger partial charge in [-0.3, -0.25) is 24.2 Å². The van der Waals surface area contributed by atoms with E-state index in [1.165, 1.54) is 0 Å². The molecule has 1 N–H and O–H groups in total. The summed E-state index contributed by atoms with van der Waals surface area (Å²) in [5, 5.41) is 7.09. The summed E-state index contributed by atoms with van der Waals surface area (Å²) in [6.45, 7) is 0.935. The van der Waals surface area contributed by atoms with Crippen molar-refractivity contribution in [2.45, 2.75) is 18.3 Å². The number of hydrogen-bond acceptors (Lipinski definition) is 5. The van der Waals surface area contributed by atoms with E-state index in [2.05, 4.69) is 20.4 Å². The first kappa shape index (κ1) is 15.9. The number of likely N-dealkylation sites (tertiary alicyclic amines) is 1. The Kier molecular flexibility index (Phi) is 3.30. The van der Waals surface area contributed by atoms with Gasteiger partial charge in [0.15, 0.2) is 0 Å². The minimum Gasteiger partial charge on any atom is -0.337 e. The zero-order valence-electron chi connectivity index (χ0n) is 14.8. The third kappa shape index (κ3) is 2.26.